The van der Waals surface area contributed by atoms with Gasteiger partial charge in [-0.05, 0) is 0 Å². The van der Waals surface area contributed by atoms with Gasteiger partial charge in [0.15, 0.2) is 0 Å². The van der Waals surface area contributed by atoms with Crippen LogP contribution < -0.4 is 24.0 Å². The summed E-state index contributed by atoms with van der Waals surface area (Å²) in [5, 5.41) is 0. The van der Waals surface area contributed by atoms with Crippen LogP contribution in [0.5, 0.6) is 0 Å². The molecular formula is C8H14IN. The minimum absolute atomic E-state index is 0. The van der Waals surface area contributed by atoms with Crippen LogP contribution in [0.1, 0.15) is 6.42 Å². The molecule has 1 heterocycles. The van der Waals surface area contributed by atoms with Crippen LogP contribution in [0.4, 0.5) is 0 Å². The Morgan fingerprint density at radius 1 is 1.50 bits per heavy atom. The molecule has 0 saturated carbocycles. The molecule has 1 aliphatic heterocycles. The number of likely N-dealkylation sites (tertiary alicyclic amines) is 1. The fourth-order valence-corrected chi connectivity index (χ4v) is 1.42. The molecule has 2 heteroatoms. The maximum absolute atomic E-state index is 5.29. The normalized spacial score (nSPS) is 28.7. The van der Waals surface area contributed by atoms with Crippen molar-refractivity contribution in [2.45, 2.75) is 6.42 Å². The van der Waals surface area contributed by atoms with Gasteiger partial charge in [0.25, 0.3) is 0 Å². The van der Waals surface area contributed by atoms with Crippen molar-refractivity contribution >= 4 is 0 Å². The van der Waals surface area contributed by atoms with E-state index >= 15 is 0 Å². The number of nitrogens with zero attached hydrogens (tertiary/aromatic N) is 1. The average Bonchev–Trinajstić information content (AvgIpc) is 2.10. The van der Waals surface area contributed by atoms with Gasteiger partial charge in [0.2, 0.25) is 0 Å². The number of terminal acetylenes is 1. The Morgan fingerprint density at radius 2 is 2.10 bits per heavy atom. The van der Waals surface area contributed by atoms with E-state index in [2.05, 4.69) is 20.0 Å². The summed E-state index contributed by atoms with van der Waals surface area (Å²) in [6.07, 6.45) is 6.51. The molecule has 1 nitrogen and oxygen atoms in total. The Morgan fingerprint density at radius 3 is 2.30 bits per heavy atom. The van der Waals surface area contributed by atoms with Crippen molar-refractivity contribution in [3.8, 4) is 12.3 Å². The third-order valence-electron chi connectivity index (χ3n) is 2.03. The summed E-state index contributed by atoms with van der Waals surface area (Å²) >= 11 is 0. The van der Waals surface area contributed by atoms with E-state index in [9.17, 15) is 0 Å². The van der Waals surface area contributed by atoms with E-state index in [0.717, 1.165) is 11.0 Å². The van der Waals surface area contributed by atoms with E-state index in [0.29, 0.717) is 5.92 Å². The van der Waals surface area contributed by atoms with E-state index in [1.165, 1.54) is 13.0 Å². The zero-order valence-corrected chi connectivity index (χ0v) is 8.76. The standard InChI is InChI=1S/C8H14N.HI/c1-4-8-5-6-9(2,3)7-8;/h1,8H,5-7H2,2-3H3;1H/q+1;/p-1. The molecule has 1 saturated heterocycles. The number of hydrogen-bond donors (Lipinski definition) is 0. The number of rotatable bonds is 0. The molecule has 0 radical (unpaired) electrons. The summed E-state index contributed by atoms with van der Waals surface area (Å²) in [6, 6.07) is 0. The molecule has 0 amide bonds. The fourth-order valence-electron chi connectivity index (χ4n) is 1.42. The predicted molar refractivity (Wildman–Crippen MR) is 38.8 cm³/mol. The second kappa shape index (κ2) is 3.59. The smallest absolute Gasteiger partial charge is 0.0924 e. The minimum atomic E-state index is 0. The minimum Gasteiger partial charge on any atom is -1.00 e. The van der Waals surface area contributed by atoms with Gasteiger partial charge < -0.3 is 28.5 Å². The van der Waals surface area contributed by atoms with E-state index in [1.807, 2.05) is 0 Å². The van der Waals surface area contributed by atoms with Crippen LogP contribution in [0.3, 0.4) is 0 Å². The summed E-state index contributed by atoms with van der Waals surface area (Å²) in [4.78, 5) is 0. The van der Waals surface area contributed by atoms with Crippen LogP contribution in [-0.2, 0) is 0 Å². The summed E-state index contributed by atoms with van der Waals surface area (Å²) in [5.74, 6) is 3.35. The van der Waals surface area contributed by atoms with Gasteiger partial charge in [-0.25, -0.2) is 0 Å². The van der Waals surface area contributed by atoms with Gasteiger partial charge in [-0.1, -0.05) is 5.92 Å². The van der Waals surface area contributed by atoms with Gasteiger partial charge in [0, 0.05) is 6.42 Å². The molecule has 0 N–H and O–H groups in total. The van der Waals surface area contributed by atoms with Crippen molar-refractivity contribution in [2.75, 3.05) is 27.2 Å². The molecule has 0 aromatic carbocycles. The monoisotopic (exact) mass is 251 g/mol. The molecule has 58 valence electrons. The summed E-state index contributed by atoms with van der Waals surface area (Å²) in [5.41, 5.74) is 0. The third kappa shape index (κ3) is 2.47. The Kier molecular flexibility index (Phi) is 3.68. The van der Waals surface area contributed by atoms with Crippen molar-refractivity contribution < 1.29 is 28.5 Å². The Bertz CT molecular complexity index is 146. The molecule has 0 bridgehead atoms. The quantitative estimate of drug-likeness (QED) is 0.258. The van der Waals surface area contributed by atoms with Gasteiger partial charge in [0.1, 0.15) is 0 Å². The molecule has 0 aromatic rings. The summed E-state index contributed by atoms with van der Waals surface area (Å²) < 4.78 is 1.11. The summed E-state index contributed by atoms with van der Waals surface area (Å²) in [6.45, 7) is 2.41. The van der Waals surface area contributed by atoms with Crippen LogP contribution >= 0.6 is 0 Å². The molecule has 10 heavy (non-hydrogen) atoms. The molecule has 1 unspecified atom stereocenters. The van der Waals surface area contributed by atoms with Crippen LogP contribution in [0.2, 0.25) is 0 Å². The second-order valence-electron chi connectivity index (χ2n) is 3.49. The number of quaternary nitrogens is 1. The maximum atomic E-state index is 5.29. The van der Waals surface area contributed by atoms with E-state index in [-0.39, 0.29) is 24.0 Å². The highest BCUT2D eigenvalue weighted by atomic mass is 127. The van der Waals surface area contributed by atoms with Crippen LogP contribution in [0, 0.1) is 18.3 Å². The van der Waals surface area contributed by atoms with Gasteiger partial charge >= 0.3 is 0 Å². The van der Waals surface area contributed by atoms with Gasteiger partial charge in [0.05, 0.1) is 33.1 Å². The van der Waals surface area contributed by atoms with Gasteiger partial charge in [-0.3, -0.25) is 0 Å². The maximum Gasteiger partial charge on any atom is 0.0924 e. The first-order valence-corrected chi connectivity index (χ1v) is 3.42. The molecule has 0 aliphatic carbocycles. The highest BCUT2D eigenvalue weighted by molar-refractivity contribution is 4.94. The van der Waals surface area contributed by atoms with Crippen LogP contribution in [0.15, 0.2) is 0 Å². The average molecular weight is 251 g/mol. The Balaban J connectivity index is 0.000000810. The van der Waals surface area contributed by atoms with Crippen molar-refractivity contribution in [3.63, 3.8) is 0 Å². The lowest BCUT2D eigenvalue weighted by Crippen LogP contribution is -3.00. The van der Waals surface area contributed by atoms with E-state index < -0.39 is 0 Å². The van der Waals surface area contributed by atoms with Crippen molar-refractivity contribution in [1.29, 1.82) is 0 Å². The lowest BCUT2D eigenvalue weighted by atomic mass is 10.1. The first kappa shape index (κ1) is 10.2. The highest BCUT2D eigenvalue weighted by Gasteiger charge is 2.28. The Hall–Kier alpha value is 0.250. The topological polar surface area (TPSA) is 0 Å². The molecule has 1 fully saturated rings. The first-order valence-electron chi connectivity index (χ1n) is 3.42. The zero-order valence-electron chi connectivity index (χ0n) is 6.60. The molecular weight excluding hydrogens is 237 g/mol. The molecule has 1 rings (SSSR count). The number of halogens is 1. The lowest BCUT2D eigenvalue weighted by Gasteiger charge is -2.22. The summed E-state index contributed by atoms with van der Waals surface area (Å²) in [7, 11) is 4.47. The molecule has 1 atom stereocenters. The lowest BCUT2D eigenvalue weighted by molar-refractivity contribution is -0.878. The van der Waals surface area contributed by atoms with Crippen molar-refractivity contribution in [1.82, 2.24) is 0 Å². The highest BCUT2D eigenvalue weighted by Crippen LogP contribution is 2.18. The van der Waals surface area contributed by atoms with Crippen LogP contribution in [-0.4, -0.2) is 31.7 Å². The van der Waals surface area contributed by atoms with Gasteiger partial charge in [-0.2, -0.15) is 0 Å². The predicted octanol–water partition coefficient (Wildman–Crippen LogP) is -2.28. The van der Waals surface area contributed by atoms with Crippen LogP contribution in [0.25, 0.3) is 0 Å². The molecule has 0 aromatic heterocycles. The number of hydrogen-bond acceptors (Lipinski definition) is 0. The third-order valence-corrected chi connectivity index (χ3v) is 2.03. The van der Waals surface area contributed by atoms with Gasteiger partial charge in [-0.15, -0.1) is 6.42 Å². The van der Waals surface area contributed by atoms with E-state index in [1.54, 1.807) is 0 Å². The second-order valence-corrected chi connectivity index (χ2v) is 3.49. The SMILES string of the molecule is C#CC1CC[N+](C)(C)C1.[I-]. The zero-order chi connectivity index (χ0) is 6.91. The molecule has 0 spiro atoms. The first-order chi connectivity index (χ1) is 4.14. The Labute approximate surface area is 80.4 Å². The van der Waals surface area contributed by atoms with E-state index in [4.69, 9.17) is 6.42 Å². The fraction of sp³-hybridized carbons (Fsp3) is 0.750. The van der Waals surface area contributed by atoms with Crippen molar-refractivity contribution in [3.05, 3.63) is 0 Å². The van der Waals surface area contributed by atoms with Crippen molar-refractivity contribution in [2.24, 2.45) is 5.92 Å². The largest absolute Gasteiger partial charge is 1.00 e. The molecule has 1 aliphatic rings.